The minimum absolute atomic E-state index is 0.376. The van der Waals surface area contributed by atoms with Gasteiger partial charge in [-0.2, -0.15) is 0 Å². The maximum atomic E-state index is 12.7. The molecule has 0 bridgehead atoms. The number of amides is 1. The van der Waals surface area contributed by atoms with Gasteiger partial charge in [-0.25, -0.2) is 0 Å². The number of rotatable bonds is 4. The monoisotopic (exact) mass is 326 g/mol. The van der Waals surface area contributed by atoms with Crippen molar-refractivity contribution in [3.8, 4) is 5.75 Å². The Bertz CT molecular complexity index is 803. The number of carbonyl (C=O) groups is 2. The molecule has 0 fully saturated rings. The van der Waals surface area contributed by atoms with Crippen LogP contribution in [0, 0.1) is 6.92 Å². The second kappa shape index (κ2) is 6.23. The molecule has 2 aromatic carbocycles. The van der Waals surface area contributed by atoms with E-state index >= 15 is 0 Å². The Labute approximate surface area is 139 Å². The molecule has 3 rings (SSSR count). The first-order valence-corrected chi connectivity index (χ1v) is 7.59. The van der Waals surface area contributed by atoms with Gasteiger partial charge in [-0.3, -0.25) is 14.5 Å². The second-order valence-corrected chi connectivity index (χ2v) is 5.78. The summed E-state index contributed by atoms with van der Waals surface area (Å²) in [6, 6.07) is 12.6. The summed E-state index contributed by atoms with van der Waals surface area (Å²) in [5.74, 6) is -1.00. The molecule has 1 atom stereocenters. The summed E-state index contributed by atoms with van der Waals surface area (Å²) >= 11 is 0. The van der Waals surface area contributed by atoms with Crippen molar-refractivity contribution in [2.45, 2.75) is 19.4 Å². The van der Waals surface area contributed by atoms with Gasteiger partial charge in [-0.15, -0.1) is 0 Å². The zero-order valence-electron chi connectivity index (χ0n) is 13.2. The number of carboxylic acid groups (broad SMARTS) is 1. The molecule has 2 aromatic rings. The number of hydrogen-bond acceptors (Lipinski definition) is 4. The van der Waals surface area contributed by atoms with Crippen LogP contribution in [0.3, 0.4) is 0 Å². The van der Waals surface area contributed by atoms with E-state index in [4.69, 9.17) is 15.6 Å². The fraction of sp³-hybridized carbons (Fsp3) is 0.222. The second-order valence-electron chi connectivity index (χ2n) is 5.78. The average Bonchev–Trinajstić information content (AvgIpc) is 2.53. The molecule has 3 N–H and O–H groups in total. The molecule has 24 heavy (non-hydrogen) atoms. The van der Waals surface area contributed by atoms with Crippen LogP contribution in [0.4, 0.5) is 11.4 Å². The largest absolute Gasteiger partial charge is 0.480 e. The zero-order valence-corrected chi connectivity index (χ0v) is 13.2. The number of nitrogens with zero attached hydrogens (tertiary/aromatic N) is 1. The maximum absolute atomic E-state index is 12.7. The van der Waals surface area contributed by atoms with Crippen LogP contribution in [0.5, 0.6) is 5.75 Å². The van der Waals surface area contributed by atoms with E-state index in [1.165, 1.54) is 4.90 Å². The van der Waals surface area contributed by atoms with E-state index in [1.54, 1.807) is 18.2 Å². The van der Waals surface area contributed by atoms with E-state index in [2.05, 4.69) is 0 Å². The maximum Gasteiger partial charge on any atom is 0.323 e. The molecule has 124 valence electrons. The van der Waals surface area contributed by atoms with Crippen molar-refractivity contribution in [3.05, 3.63) is 53.6 Å². The summed E-state index contributed by atoms with van der Waals surface area (Å²) < 4.78 is 5.83. The molecule has 1 aliphatic heterocycles. The lowest BCUT2D eigenvalue weighted by atomic mass is 10.0. The predicted molar refractivity (Wildman–Crippen MR) is 90.1 cm³/mol. The normalized spacial score (nSPS) is 16.5. The molecular formula is C18H18N2O4. The Kier molecular flexibility index (Phi) is 4.12. The number of fused-ring (bicyclic) bond motifs is 1. The van der Waals surface area contributed by atoms with Crippen molar-refractivity contribution < 1.29 is 19.4 Å². The number of hydrogen-bond donors (Lipinski definition) is 2. The zero-order chi connectivity index (χ0) is 17.3. The highest BCUT2D eigenvalue weighted by molar-refractivity contribution is 6.03. The fourth-order valence-corrected chi connectivity index (χ4v) is 2.81. The van der Waals surface area contributed by atoms with E-state index in [0.29, 0.717) is 23.5 Å². The molecule has 1 heterocycles. The van der Waals surface area contributed by atoms with Crippen LogP contribution in [-0.4, -0.2) is 29.6 Å². The third kappa shape index (κ3) is 3.03. The molecule has 0 aliphatic carbocycles. The van der Waals surface area contributed by atoms with Crippen molar-refractivity contribution in [2.75, 3.05) is 17.2 Å². The van der Waals surface area contributed by atoms with Crippen LogP contribution in [0.2, 0.25) is 0 Å². The lowest BCUT2D eigenvalue weighted by Gasteiger charge is -2.34. The van der Waals surface area contributed by atoms with E-state index in [1.807, 2.05) is 31.2 Å². The summed E-state index contributed by atoms with van der Waals surface area (Å²) in [4.78, 5) is 25.1. The minimum atomic E-state index is -1.09. The average molecular weight is 326 g/mol. The molecular weight excluding hydrogens is 308 g/mol. The SMILES string of the molecule is Cc1ccccc1CC1Oc2ccc(N)cc2N(CC(=O)O)C1=O. The molecule has 0 saturated heterocycles. The number of benzene rings is 2. The quantitative estimate of drug-likeness (QED) is 0.838. The van der Waals surface area contributed by atoms with Gasteiger partial charge in [0.1, 0.15) is 12.3 Å². The van der Waals surface area contributed by atoms with Crippen molar-refractivity contribution >= 4 is 23.3 Å². The minimum Gasteiger partial charge on any atom is -0.480 e. The smallest absolute Gasteiger partial charge is 0.323 e. The van der Waals surface area contributed by atoms with Gasteiger partial charge in [0.2, 0.25) is 0 Å². The molecule has 6 heteroatoms. The Hall–Kier alpha value is -3.02. The third-order valence-electron chi connectivity index (χ3n) is 4.04. The van der Waals surface area contributed by atoms with Crippen LogP contribution in [0.15, 0.2) is 42.5 Å². The van der Waals surface area contributed by atoms with Gasteiger partial charge < -0.3 is 15.6 Å². The standard InChI is InChI=1S/C18H18N2O4/c1-11-4-2-3-5-12(11)8-16-18(23)20(10-17(21)22)14-9-13(19)6-7-15(14)24-16/h2-7,9,16H,8,10,19H2,1H3,(H,21,22). The van der Waals surface area contributed by atoms with E-state index in [-0.39, 0.29) is 5.91 Å². The van der Waals surface area contributed by atoms with Crippen molar-refractivity contribution in [2.24, 2.45) is 0 Å². The summed E-state index contributed by atoms with van der Waals surface area (Å²) in [6.45, 7) is 1.54. The number of nitrogens with two attached hydrogens (primary N) is 1. The summed E-state index contributed by atoms with van der Waals surface area (Å²) in [5.41, 5.74) is 8.64. The van der Waals surface area contributed by atoms with Gasteiger partial charge in [0.05, 0.1) is 5.69 Å². The van der Waals surface area contributed by atoms with Gasteiger partial charge in [0.15, 0.2) is 6.10 Å². The van der Waals surface area contributed by atoms with Crippen LogP contribution in [0.25, 0.3) is 0 Å². The van der Waals surface area contributed by atoms with E-state index in [9.17, 15) is 9.59 Å². The number of anilines is 2. The van der Waals surface area contributed by atoms with Gasteiger partial charge in [-0.1, -0.05) is 24.3 Å². The molecule has 0 radical (unpaired) electrons. The van der Waals surface area contributed by atoms with Crippen LogP contribution in [0.1, 0.15) is 11.1 Å². The van der Waals surface area contributed by atoms with Gasteiger partial charge in [0.25, 0.3) is 5.91 Å². The topological polar surface area (TPSA) is 92.9 Å². The van der Waals surface area contributed by atoms with Gasteiger partial charge in [0, 0.05) is 12.1 Å². The van der Waals surface area contributed by atoms with E-state index in [0.717, 1.165) is 11.1 Å². The number of carboxylic acids is 1. The molecule has 6 nitrogen and oxygen atoms in total. The van der Waals surface area contributed by atoms with Crippen molar-refractivity contribution in [3.63, 3.8) is 0 Å². The molecule has 1 aliphatic rings. The number of carbonyl (C=O) groups excluding carboxylic acids is 1. The first-order valence-electron chi connectivity index (χ1n) is 7.59. The highest BCUT2D eigenvalue weighted by Gasteiger charge is 2.35. The highest BCUT2D eigenvalue weighted by Crippen LogP contribution is 2.36. The van der Waals surface area contributed by atoms with Crippen LogP contribution >= 0.6 is 0 Å². The Morgan fingerprint density at radius 1 is 1.29 bits per heavy atom. The Balaban J connectivity index is 1.95. The first-order chi connectivity index (χ1) is 11.5. The van der Waals surface area contributed by atoms with Crippen LogP contribution < -0.4 is 15.4 Å². The Morgan fingerprint density at radius 2 is 2.04 bits per heavy atom. The summed E-state index contributed by atoms with van der Waals surface area (Å²) in [5, 5.41) is 9.13. The lowest BCUT2D eigenvalue weighted by molar-refractivity contribution is -0.137. The highest BCUT2D eigenvalue weighted by atomic mass is 16.5. The molecule has 1 unspecified atom stereocenters. The molecule has 0 aromatic heterocycles. The lowest BCUT2D eigenvalue weighted by Crippen LogP contribution is -2.49. The Morgan fingerprint density at radius 3 is 2.75 bits per heavy atom. The number of aryl methyl sites for hydroxylation is 1. The summed E-state index contributed by atoms with van der Waals surface area (Å²) in [6.07, 6.45) is -0.382. The third-order valence-corrected chi connectivity index (χ3v) is 4.04. The number of aliphatic carboxylic acids is 1. The van der Waals surface area contributed by atoms with Gasteiger partial charge in [-0.05, 0) is 36.2 Å². The number of ether oxygens (including phenoxy) is 1. The van der Waals surface area contributed by atoms with Gasteiger partial charge >= 0.3 is 5.97 Å². The fourth-order valence-electron chi connectivity index (χ4n) is 2.81. The predicted octanol–water partition coefficient (Wildman–Crippen LogP) is 2.00. The van der Waals surface area contributed by atoms with Crippen LogP contribution in [-0.2, 0) is 16.0 Å². The molecule has 1 amide bonds. The van der Waals surface area contributed by atoms with E-state index < -0.39 is 18.6 Å². The number of nitrogen functional groups attached to an aromatic ring is 1. The van der Waals surface area contributed by atoms with Crippen molar-refractivity contribution in [1.82, 2.24) is 0 Å². The molecule has 0 spiro atoms. The summed E-state index contributed by atoms with van der Waals surface area (Å²) in [7, 11) is 0. The molecule has 0 saturated carbocycles. The van der Waals surface area contributed by atoms with Crippen molar-refractivity contribution in [1.29, 1.82) is 0 Å². The first kappa shape index (κ1) is 15.9.